The highest BCUT2D eigenvalue weighted by atomic mass is 16.3. The van der Waals surface area contributed by atoms with Crippen LogP contribution in [-0.4, -0.2) is 40.7 Å². The molecule has 2 fully saturated rings. The van der Waals surface area contributed by atoms with Gasteiger partial charge < -0.3 is 10.4 Å². The summed E-state index contributed by atoms with van der Waals surface area (Å²) in [4.78, 5) is 6.93. The molecule has 2 aliphatic rings. The molecule has 3 unspecified atom stereocenters. The quantitative estimate of drug-likeness (QED) is 0.864. The van der Waals surface area contributed by atoms with Crippen LogP contribution in [0.5, 0.6) is 0 Å². The van der Waals surface area contributed by atoms with Crippen molar-refractivity contribution in [2.24, 2.45) is 11.8 Å². The standard InChI is InChI=1S/C16H25N3O/c1-2-6-17-13-5-7-18-14(8-13)10-19-9-12-3-4-16(20)15(12)11-19/h5,7-8,12,15-16,20H,2-4,6,9-11H2,1H3,(H,17,18). The van der Waals surface area contributed by atoms with Crippen molar-refractivity contribution in [3.63, 3.8) is 0 Å². The van der Waals surface area contributed by atoms with Crippen molar-refractivity contribution in [2.45, 2.75) is 38.8 Å². The highest BCUT2D eigenvalue weighted by Crippen LogP contribution is 2.38. The number of likely N-dealkylation sites (tertiary alicyclic amines) is 1. The fraction of sp³-hybridized carbons (Fsp3) is 0.688. The predicted octanol–water partition coefficient (Wildman–Crippen LogP) is 2.11. The summed E-state index contributed by atoms with van der Waals surface area (Å²) in [5.41, 5.74) is 2.29. The molecule has 0 aromatic carbocycles. The lowest BCUT2D eigenvalue weighted by Gasteiger charge is -2.18. The lowest BCUT2D eigenvalue weighted by Crippen LogP contribution is -2.24. The predicted molar refractivity (Wildman–Crippen MR) is 80.5 cm³/mol. The summed E-state index contributed by atoms with van der Waals surface area (Å²) >= 11 is 0. The summed E-state index contributed by atoms with van der Waals surface area (Å²) in [7, 11) is 0. The molecule has 2 heterocycles. The number of aromatic nitrogens is 1. The van der Waals surface area contributed by atoms with E-state index >= 15 is 0 Å². The minimum Gasteiger partial charge on any atom is -0.393 e. The molecule has 4 heteroatoms. The number of anilines is 1. The van der Waals surface area contributed by atoms with Crippen LogP contribution in [0.4, 0.5) is 5.69 Å². The zero-order chi connectivity index (χ0) is 13.9. The van der Waals surface area contributed by atoms with Gasteiger partial charge in [-0.25, -0.2) is 0 Å². The molecule has 1 saturated carbocycles. The van der Waals surface area contributed by atoms with Gasteiger partial charge >= 0.3 is 0 Å². The lowest BCUT2D eigenvalue weighted by molar-refractivity contribution is 0.123. The Labute approximate surface area is 121 Å². The number of nitrogens with zero attached hydrogens (tertiary/aromatic N) is 2. The first kappa shape index (κ1) is 13.8. The summed E-state index contributed by atoms with van der Waals surface area (Å²) in [6, 6.07) is 4.18. The molecule has 1 aliphatic heterocycles. The summed E-state index contributed by atoms with van der Waals surface area (Å²) < 4.78 is 0. The zero-order valence-corrected chi connectivity index (χ0v) is 12.3. The monoisotopic (exact) mass is 275 g/mol. The van der Waals surface area contributed by atoms with E-state index in [4.69, 9.17) is 0 Å². The van der Waals surface area contributed by atoms with Gasteiger partial charge in [0.2, 0.25) is 0 Å². The maximum Gasteiger partial charge on any atom is 0.0583 e. The molecule has 1 aromatic rings. The van der Waals surface area contributed by atoms with Crippen molar-refractivity contribution in [1.29, 1.82) is 0 Å². The molecular formula is C16H25N3O. The Kier molecular flexibility index (Phi) is 4.22. The Hall–Kier alpha value is -1.13. The number of hydrogen-bond acceptors (Lipinski definition) is 4. The third kappa shape index (κ3) is 2.96. The molecule has 0 spiro atoms. The minimum atomic E-state index is -0.0736. The molecular weight excluding hydrogens is 250 g/mol. The van der Waals surface area contributed by atoms with E-state index in [0.29, 0.717) is 11.8 Å². The second-order valence-corrected chi connectivity index (χ2v) is 6.23. The molecule has 0 bridgehead atoms. The molecule has 0 radical (unpaired) electrons. The van der Waals surface area contributed by atoms with Gasteiger partial charge in [0.25, 0.3) is 0 Å². The second kappa shape index (κ2) is 6.10. The van der Waals surface area contributed by atoms with Crippen molar-refractivity contribution in [3.8, 4) is 0 Å². The van der Waals surface area contributed by atoms with Gasteiger partial charge in [0.1, 0.15) is 0 Å². The lowest BCUT2D eigenvalue weighted by atomic mass is 10.00. The number of hydrogen-bond donors (Lipinski definition) is 2. The highest BCUT2D eigenvalue weighted by Gasteiger charge is 2.41. The van der Waals surface area contributed by atoms with Crippen LogP contribution in [0.2, 0.25) is 0 Å². The smallest absolute Gasteiger partial charge is 0.0583 e. The van der Waals surface area contributed by atoms with Crippen LogP contribution in [0.15, 0.2) is 18.3 Å². The highest BCUT2D eigenvalue weighted by molar-refractivity contribution is 5.43. The van der Waals surface area contributed by atoms with E-state index < -0.39 is 0 Å². The van der Waals surface area contributed by atoms with Crippen LogP contribution in [0.3, 0.4) is 0 Å². The molecule has 3 atom stereocenters. The van der Waals surface area contributed by atoms with E-state index in [1.54, 1.807) is 0 Å². The Balaban J connectivity index is 1.58. The SMILES string of the molecule is CCCNc1ccnc(CN2CC3CCC(O)C3C2)c1. The largest absolute Gasteiger partial charge is 0.393 e. The molecule has 110 valence electrons. The number of pyridine rings is 1. The van der Waals surface area contributed by atoms with Crippen LogP contribution < -0.4 is 5.32 Å². The molecule has 0 amide bonds. The molecule has 20 heavy (non-hydrogen) atoms. The van der Waals surface area contributed by atoms with Gasteiger partial charge in [-0.2, -0.15) is 0 Å². The number of aliphatic hydroxyl groups is 1. The van der Waals surface area contributed by atoms with E-state index in [1.807, 2.05) is 12.3 Å². The Morgan fingerprint density at radius 3 is 3.10 bits per heavy atom. The van der Waals surface area contributed by atoms with Crippen molar-refractivity contribution in [3.05, 3.63) is 24.0 Å². The average molecular weight is 275 g/mol. The third-order valence-corrected chi connectivity index (χ3v) is 4.68. The second-order valence-electron chi connectivity index (χ2n) is 6.23. The van der Waals surface area contributed by atoms with E-state index in [2.05, 4.69) is 28.2 Å². The van der Waals surface area contributed by atoms with Gasteiger partial charge in [0.15, 0.2) is 0 Å². The van der Waals surface area contributed by atoms with Gasteiger partial charge in [0.05, 0.1) is 11.8 Å². The van der Waals surface area contributed by atoms with Gasteiger partial charge in [0, 0.05) is 44.0 Å². The van der Waals surface area contributed by atoms with Gasteiger partial charge in [-0.3, -0.25) is 9.88 Å². The molecule has 1 aliphatic carbocycles. The summed E-state index contributed by atoms with van der Waals surface area (Å²) in [6.07, 6.45) is 5.13. The molecule has 2 N–H and O–H groups in total. The van der Waals surface area contributed by atoms with Crippen molar-refractivity contribution >= 4 is 5.69 Å². The van der Waals surface area contributed by atoms with E-state index in [0.717, 1.165) is 50.4 Å². The van der Waals surface area contributed by atoms with Crippen LogP contribution in [0, 0.1) is 11.8 Å². The van der Waals surface area contributed by atoms with Crippen molar-refractivity contribution in [2.75, 3.05) is 25.0 Å². The first-order chi connectivity index (χ1) is 9.76. The summed E-state index contributed by atoms with van der Waals surface area (Å²) in [6.45, 7) is 6.23. The van der Waals surface area contributed by atoms with Gasteiger partial charge in [-0.15, -0.1) is 0 Å². The van der Waals surface area contributed by atoms with E-state index in [1.165, 1.54) is 6.42 Å². The maximum atomic E-state index is 9.97. The topological polar surface area (TPSA) is 48.4 Å². The first-order valence-corrected chi connectivity index (χ1v) is 7.85. The average Bonchev–Trinajstić information content (AvgIpc) is 2.99. The number of rotatable bonds is 5. The number of nitrogens with one attached hydrogen (secondary N) is 1. The zero-order valence-electron chi connectivity index (χ0n) is 12.3. The number of fused-ring (bicyclic) bond motifs is 1. The van der Waals surface area contributed by atoms with Crippen LogP contribution in [-0.2, 0) is 6.54 Å². The fourth-order valence-corrected chi connectivity index (χ4v) is 3.63. The van der Waals surface area contributed by atoms with Gasteiger partial charge in [-0.05, 0) is 37.3 Å². The first-order valence-electron chi connectivity index (χ1n) is 7.85. The Bertz CT molecular complexity index is 451. The molecule has 1 saturated heterocycles. The minimum absolute atomic E-state index is 0.0736. The molecule has 1 aromatic heterocycles. The Morgan fingerprint density at radius 2 is 2.30 bits per heavy atom. The molecule has 3 rings (SSSR count). The summed E-state index contributed by atoms with van der Waals surface area (Å²) in [5, 5.41) is 13.4. The third-order valence-electron chi connectivity index (χ3n) is 4.68. The van der Waals surface area contributed by atoms with Crippen molar-refractivity contribution < 1.29 is 5.11 Å². The molecule has 4 nitrogen and oxygen atoms in total. The van der Waals surface area contributed by atoms with Gasteiger partial charge in [-0.1, -0.05) is 6.92 Å². The fourth-order valence-electron chi connectivity index (χ4n) is 3.63. The van der Waals surface area contributed by atoms with E-state index in [9.17, 15) is 5.11 Å². The Morgan fingerprint density at radius 1 is 1.40 bits per heavy atom. The van der Waals surface area contributed by atoms with Crippen molar-refractivity contribution in [1.82, 2.24) is 9.88 Å². The van der Waals surface area contributed by atoms with Crippen LogP contribution >= 0.6 is 0 Å². The maximum absolute atomic E-state index is 9.97. The normalized spacial score (nSPS) is 29.6. The van der Waals surface area contributed by atoms with E-state index in [-0.39, 0.29) is 6.10 Å². The van der Waals surface area contributed by atoms with Crippen LogP contribution in [0.25, 0.3) is 0 Å². The van der Waals surface area contributed by atoms with Crippen LogP contribution in [0.1, 0.15) is 31.9 Å². The summed E-state index contributed by atoms with van der Waals surface area (Å²) in [5.74, 6) is 1.20. The number of aliphatic hydroxyl groups excluding tert-OH is 1.